The van der Waals surface area contributed by atoms with Crippen molar-refractivity contribution >= 4 is 0 Å². The summed E-state index contributed by atoms with van der Waals surface area (Å²) in [5.41, 5.74) is 8.00. The fraction of sp³-hybridized carbons (Fsp3) is 0.286. The standard InChI is InChI=1S/C14H16FNO/c1-10-9-11(15)4-6-13(10)14(16)7-5-12-3-2-8-17-12/h2-4,6,8-9,14H,5,7,16H2,1H3. The summed E-state index contributed by atoms with van der Waals surface area (Å²) in [6.07, 6.45) is 3.25. The van der Waals surface area contributed by atoms with Crippen LogP contribution < -0.4 is 5.73 Å². The van der Waals surface area contributed by atoms with Gasteiger partial charge in [0.25, 0.3) is 0 Å². The normalized spacial score (nSPS) is 12.6. The molecule has 1 heterocycles. The fourth-order valence-electron chi connectivity index (χ4n) is 1.96. The van der Waals surface area contributed by atoms with Crippen molar-refractivity contribution in [3.63, 3.8) is 0 Å². The third-order valence-electron chi connectivity index (χ3n) is 2.91. The lowest BCUT2D eigenvalue weighted by Crippen LogP contribution is -2.12. The maximum atomic E-state index is 13.0. The van der Waals surface area contributed by atoms with Crippen molar-refractivity contribution < 1.29 is 8.81 Å². The van der Waals surface area contributed by atoms with Crippen molar-refractivity contribution in [1.29, 1.82) is 0 Å². The van der Waals surface area contributed by atoms with Crippen LogP contribution in [0.15, 0.2) is 41.0 Å². The van der Waals surface area contributed by atoms with Gasteiger partial charge in [0.05, 0.1) is 6.26 Å². The highest BCUT2D eigenvalue weighted by atomic mass is 19.1. The summed E-state index contributed by atoms with van der Waals surface area (Å²) in [6, 6.07) is 8.45. The Hall–Kier alpha value is -1.61. The van der Waals surface area contributed by atoms with E-state index in [4.69, 9.17) is 10.2 Å². The van der Waals surface area contributed by atoms with Crippen LogP contribution in [0.25, 0.3) is 0 Å². The Morgan fingerprint density at radius 3 is 2.82 bits per heavy atom. The highest BCUT2D eigenvalue weighted by Gasteiger charge is 2.10. The molecule has 1 aromatic carbocycles. The summed E-state index contributed by atoms with van der Waals surface area (Å²) >= 11 is 0. The maximum Gasteiger partial charge on any atom is 0.123 e. The van der Waals surface area contributed by atoms with Crippen LogP contribution in [0.1, 0.15) is 29.3 Å². The maximum absolute atomic E-state index is 13.0. The van der Waals surface area contributed by atoms with Crippen LogP contribution in [0.4, 0.5) is 4.39 Å². The van der Waals surface area contributed by atoms with E-state index in [1.807, 2.05) is 19.1 Å². The smallest absolute Gasteiger partial charge is 0.123 e. The monoisotopic (exact) mass is 233 g/mol. The highest BCUT2D eigenvalue weighted by Crippen LogP contribution is 2.21. The first-order chi connectivity index (χ1) is 8.16. The molecular formula is C14H16FNO. The average molecular weight is 233 g/mol. The summed E-state index contributed by atoms with van der Waals surface area (Å²) in [5, 5.41) is 0. The van der Waals surface area contributed by atoms with Crippen molar-refractivity contribution in [2.24, 2.45) is 5.73 Å². The summed E-state index contributed by atoms with van der Waals surface area (Å²) in [6.45, 7) is 1.88. The molecule has 0 fully saturated rings. The van der Waals surface area contributed by atoms with Gasteiger partial charge in [-0.15, -0.1) is 0 Å². The molecule has 0 aliphatic heterocycles. The molecule has 1 atom stereocenters. The van der Waals surface area contributed by atoms with Gasteiger partial charge in [0, 0.05) is 12.5 Å². The minimum Gasteiger partial charge on any atom is -0.469 e. The van der Waals surface area contributed by atoms with E-state index in [1.165, 1.54) is 12.1 Å². The third kappa shape index (κ3) is 2.94. The molecule has 0 radical (unpaired) electrons. The number of rotatable bonds is 4. The molecule has 2 N–H and O–H groups in total. The lowest BCUT2D eigenvalue weighted by Gasteiger charge is -2.14. The van der Waals surface area contributed by atoms with E-state index in [1.54, 1.807) is 12.3 Å². The molecule has 1 unspecified atom stereocenters. The fourth-order valence-corrected chi connectivity index (χ4v) is 1.96. The molecule has 2 nitrogen and oxygen atoms in total. The van der Waals surface area contributed by atoms with Crippen molar-refractivity contribution in [1.82, 2.24) is 0 Å². The van der Waals surface area contributed by atoms with E-state index < -0.39 is 0 Å². The number of aryl methyl sites for hydroxylation is 2. The Morgan fingerprint density at radius 1 is 1.35 bits per heavy atom. The van der Waals surface area contributed by atoms with E-state index in [0.29, 0.717) is 0 Å². The molecule has 0 aliphatic rings. The predicted molar refractivity (Wildman–Crippen MR) is 65.1 cm³/mol. The number of hydrogen-bond donors (Lipinski definition) is 1. The van der Waals surface area contributed by atoms with Crippen LogP contribution in [0.2, 0.25) is 0 Å². The topological polar surface area (TPSA) is 39.2 Å². The number of nitrogens with two attached hydrogens (primary N) is 1. The van der Waals surface area contributed by atoms with Crippen LogP contribution in [-0.4, -0.2) is 0 Å². The van der Waals surface area contributed by atoms with Gasteiger partial charge in [0.2, 0.25) is 0 Å². The number of halogens is 1. The van der Waals surface area contributed by atoms with Gasteiger partial charge in [-0.3, -0.25) is 0 Å². The summed E-state index contributed by atoms with van der Waals surface area (Å²) in [7, 11) is 0. The van der Waals surface area contributed by atoms with Crippen LogP contribution in [-0.2, 0) is 6.42 Å². The van der Waals surface area contributed by atoms with E-state index >= 15 is 0 Å². The third-order valence-corrected chi connectivity index (χ3v) is 2.91. The first-order valence-electron chi connectivity index (χ1n) is 5.71. The van der Waals surface area contributed by atoms with Crippen LogP contribution >= 0.6 is 0 Å². The van der Waals surface area contributed by atoms with E-state index in [-0.39, 0.29) is 11.9 Å². The van der Waals surface area contributed by atoms with Gasteiger partial charge in [0.1, 0.15) is 11.6 Å². The lowest BCUT2D eigenvalue weighted by atomic mass is 9.98. The first kappa shape index (κ1) is 11.9. The first-order valence-corrected chi connectivity index (χ1v) is 5.71. The summed E-state index contributed by atoms with van der Waals surface area (Å²) in [5.74, 6) is 0.713. The number of benzene rings is 1. The molecule has 3 heteroatoms. The molecule has 2 rings (SSSR count). The Kier molecular flexibility index (Phi) is 3.59. The van der Waals surface area contributed by atoms with Crippen LogP contribution in [0.5, 0.6) is 0 Å². The highest BCUT2D eigenvalue weighted by molar-refractivity contribution is 5.29. The van der Waals surface area contributed by atoms with Gasteiger partial charge in [-0.1, -0.05) is 6.07 Å². The van der Waals surface area contributed by atoms with Gasteiger partial charge < -0.3 is 10.2 Å². The Bertz CT molecular complexity index is 479. The second kappa shape index (κ2) is 5.15. The Labute approximate surface area is 100 Å². The molecule has 0 aliphatic carbocycles. The van der Waals surface area contributed by atoms with E-state index in [9.17, 15) is 4.39 Å². The number of furan rings is 1. The molecule has 0 bridgehead atoms. The van der Waals surface area contributed by atoms with Crippen molar-refractivity contribution in [2.45, 2.75) is 25.8 Å². The SMILES string of the molecule is Cc1cc(F)ccc1C(N)CCc1ccco1. The molecule has 0 saturated heterocycles. The molecular weight excluding hydrogens is 217 g/mol. The summed E-state index contributed by atoms with van der Waals surface area (Å²) < 4.78 is 18.2. The molecule has 17 heavy (non-hydrogen) atoms. The van der Waals surface area contributed by atoms with Gasteiger partial charge in [-0.2, -0.15) is 0 Å². The van der Waals surface area contributed by atoms with Crippen LogP contribution in [0.3, 0.4) is 0 Å². The molecule has 0 amide bonds. The van der Waals surface area contributed by atoms with Crippen molar-refractivity contribution in [3.8, 4) is 0 Å². The summed E-state index contributed by atoms with van der Waals surface area (Å²) in [4.78, 5) is 0. The zero-order chi connectivity index (χ0) is 12.3. The zero-order valence-electron chi connectivity index (χ0n) is 9.82. The molecule has 2 aromatic rings. The van der Waals surface area contributed by atoms with Crippen LogP contribution in [0, 0.1) is 12.7 Å². The zero-order valence-corrected chi connectivity index (χ0v) is 9.82. The Balaban J connectivity index is 2.01. The van der Waals surface area contributed by atoms with Gasteiger partial charge in [-0.25, -0.2) is 4.39 Å². The molecule has 0 saturated carbocycles. The van der Waals surface area contributed by atoms with E-state index in [0.717, 1.165) is 29.7 Å². The van der Waals surface area contributed by atoms with Crippen molar-refractivity contribution in [2.75, 3.05) is 0 Å². The molecule has 0 spiro atoms. The number of hydrogen-bond acceptors (Lipinski definition) is 2. The predicted octanol–water partition coefficient (Wildman–Crippen LogP) is 3.36. The second-order valence-electron chi connectivity index (χ2n) is 4.23. The van der Waals surface area contributed by atoms with E-state index in [2.05, 4.69) is 0 Å². The molecule has 1 aromatic heterocycles. The van der Waals surface area contributed by atoms with Gasteiger partial charge in [0.15, 0.2) is 0 Å². The second-order valence-corrected chi connectivity index (χ2v) is 4.23. The minimum absolute atomic E-state index is 0.0827. The quantitative estimate of drug-likeness (QED) is 0.879. The lowest BCUT2D eigenvalue weighted by molar-refractivity contribution is 0.488. The minimum atomic E-state index is -0.218. The van der Waals surface area contributed by atoms with Crippen molar-refractivity contribution in [3.05, 3.63) is 59.3 Å². The van der Waals surface area contributed by atoms with Gasteiger partial charge >= 0.3 is 0 Å². The Morgan fingerprint density at radius 2 is 2.18 bits per heavy atom. The largest absolute Gasteiger partial charge is 0.469 e. The van der Waals surface area contributed by atoms with Gasteiger partial charge in [-0.05, 0) is 48.7 Å². The molecule has 90 valence electrons. The average Bonchev–Trinajstić information content (AvgIpc) is 2.78.